The quantitative estimate of drug-likeness (QED) is 0.585. The first-order valence-corrected chi connectivity index (χ1v) is 2.66. The second-order valence-electron chi connectivity index (χ2n) is 1.77. The second kappa shape index (κ2) is 3.43. The molecule has 0 heterocycles. The largest absolute Gasteiger partial charge is 0.390 e. The predicted molar refractivity (Wildman–Crippen MR) is 28.4 cm³/mol. The highest BCUT2D eigenvalue weighted by Gasteiger charge is 2.26. The van der Waals surface area contributed by atoms with E-state index in [0.717, 1.165) is 6.92 Å². The molecule has 0 bridgehead atoms. The van der Waals surface area contributed by atoms with Crippen molar-refractivity contribution in [2.45, 2.75) is 19.5 Å². The van der Waals surface area contributed by atoms with Gasteiger partial charge in [-0.25, -0.2) is 0 Å². The highest BCUT2D eigenvalue weighted by atomic mass is 19.4. The van der Waals surface area contributed by atoms with Crippen LogP contribution in [0.25, 0.3) is 0 Å². The monoisotopic (exact) mass is 154 g/mol. The van der Waals surface area contributed by atoms with Crippen molar-refractivity contribution in [3.8, 4) is 0 Å². The predicted octanol–water partition coefficient (Wildman–Crippen LogP) is 1.09. The molecule has 0 aromatic rings. The molecule has 0 saturated heterocycles. The first-order chi connectivity index (χ1) is 4.42. The Labute approximate surface area is 56.4 Å². The van der Waals surface area contributed by atoms with E-state index in [1.807, 2.05) is 0 Å². The van der Waals surface area contributed by atoms with Gasteiger partial charge in [0.15, 0.2) is 0 Å². The SMILES string of the molecule is CC(=O)[N]CCC(F)(F)F. The number of carbonyl (C=O) groups excluding carboxylic acids is 1. The molecule has 2 nitrogen and oxygen atoms in total. The molecule has 59 valence electrons. The number of alkyl halides is 3. The molecule has 0 spiro atoms. The Morgan fingerprint density at radius 1 is 1.50 bits per heavy atom. The van der Waals surface area contributed by atoms with Gasteiger partial charge in [0.1, 0.15) is 0 Å². The summed E-state index contributed by atoms with van der Waals surface area (Å²) in [5.41, 5.74) is 0. The van der Waals surface area contributed by atoms with E-state index >= 15 is 0 Å². The summed E-state index contributed by atoms with van der Waals surface area (Å²) in [6.45, 7) is 0.662. The Morgan fingerprint density at radius 3 is 2.30 bits per heavy atom. The van der Waals surface area contributed by atoms with Gasteiger partial charge >= 0.3 is 6.18 Å². The van der Waals surface area contributed by atoms with Crippen molar-refractivity contribution in [2.24, 2.45) is 0 Å². The van der Waals surface area contributed by atoms with Crippen LogP contribution in [0.3, 0.4) is 0 Å². The summed E-state index contributed by atoms with van der Waals surface area (Å²) < 4.78 is 34.0. The Kier molecular flexibility index (Phi) is 3.18. The van der Waals surface area contributed by atoms with Crippen molar-refractivity contribution < 1.29 is 18.0 Å². The van der Waals surface area contributed by atoms with E-state index in [9.17, 15) is 18.0 Å². The molecule has 0 aromatic carbocycles. The van der Waals surface area contributed by atoms with E-state index < -0.39 is 25.0 Å². The zero-order valence-electron chi connectivity index (χ0n) is 5.40. The number of halogens is 3. The van der Waals surface area contributed by atoms with Crippen molar-refractivity contribution in [2.75, 3.05) is 6.54 Å². The lowest BCUT2D eigenvalue weighted by Gasteiger charge is -2.03. The molecule has 5 heteroatoms. The van der Waals surface area contributed by atoms with Crippen LogP contribution in [0.4, 0.5) is 13.2 Å². The first-order valence-electron chi connectivity index (χ1n) is 2.66. The lowest BCUT2D eigenvalue weighted by atomic mass is 10.4. The molecule has 1 amide bonds. The van der Waals surface area contributed by atoms with Crippen LogP contribution in [0.1, 0.15) is 13.3 Å². The fourth-order valence-corrected chi connectivity index (χ4v) is 0.340. The zero-order chi connectivity index (χ0) is 8.20. The first kappa shape index (κ1) is 9.26. The maximum Gasteiger partial charge on any atom is 0.390 e. The molecule has 0 aliphatic rings. The summed E-state index contributed by atoms with van der Waals surface area (Å²) in [5.74, 6) is -0.566. The second-order valence-corrected chi connectivity index (χ2v) is 1.77. The third-order valence-corrected chi connectivity index (χ3v) is 0.730. The molecular weight excluding hydrogens is 147 g/mol. The van der Waals surface area contributed by atoms with Gasteiger partial charge in [0.2, 0.25) is 5.91 Å². The molecule has 0 unspecified atom stereocenters. The summed E-state index contributed by atoms with van der Waals surface area (Å²) in [5, 5.41) is 3.05. The third-order valence-electron chi connectivity index (χ3n) is 0.730. The van der Waals surface area contributed by atoms with Gasteiger partial charge in [0.25, 0.3) is 0 Å². The van der Waals surface area contributed by atoms with E-state index in [1.54, 1.807) is 0 Å². The lowest BCUT2D eigenvalue weighted by molar-refractivity contribution is -0.135. The number of hydrogen-bond donors (Lipinski definition) is 0. The number of nitrogens with zero attached hydrogens (tertiary/aromatic N) is 1. The highest BCUT2D eigenvalue weighted by Crippen LogP contribution is 2.18. The minimum Gasteiger partial charge on any atom is -0.273 e. The fraction of sp³-hybridized carbons (Fsp3) is 0.800. The Morgan fingerprint density at radius 2 is 2.00 bits per heavy atom. The Bertz CT molecular complexity index is 121. The number of rotatable bonds is 2. The minimum atomic E-state index is -4.21. The summed E-state index contributed by atoms with van der Waals surface area (Å²) >= 11 is 0. The highest BCUT2D eigenvalue weighted by molar-refractivity contribution is 5.72. The van der Waals surface area contributed by atoms with E-state index in [4.69, 9.17) is 0 Å². The van der Waals surface area contributed by atoms with Crippen molar-refractivity contribution in [3.05, 3.63) is 0 Å². The van der Waals surface area contributed by atoms with Crippen molar-refractivity contribution in [3.63, 3.8) is 0 Å². The van der Waals surface area contributed by atoms with Crippen LogP contribution in [0.15, 0.2) is 0 Å². The average Bonchev–Trinajstić information content (AvgIpc) is 1.59. The molecule has 0 aliphatic heterocycles. The number of hydrogen-bond acceptors (Lipinski definition) is 1. The van der Waals surface area contributed by atoms with E-state index in [0.29, 0.717) is 0 Å². The molecule has 0 fully saturated rings. The van der Waals surface area contributed by atoms with Gasteiger partial charge in [-0.05, 0) is 0 Å². The number of amides is 1. The van der Waals surface area contributed by atoms with E-state index in [-0.39, 0.29) is 0 Å². The Balaban J connectivity index is 3.29. The van der Waals surface area contributed by atoms with Crippen molar-refractivity contribution in [1.82, 2.24) is 5.32 Å². The smallest absolute Gasteiger partial charge is 0.273 e. The molecule has 1 radical (unpaired) electrons. The lowest BCUT2D eigenvalue weighted by Crippen LogP contribution is -2.19. The average molecular weight is 154 g/mol. The van der Waals surface area contributed by atoms with Crippen LogP contribution in [-0.4, -0.2) is 18.6 Å². The van der Waals surface area contributed by atoms with Crippen LogP contribution in [0.2, 0.25) is 0 Å². The maximum absolute atomic E-state index is 11.3. The molecule has 0 saturated carbocycles. The third kappa shape index (κ3) is 7.26. The van der Waals surface area contributed by atoms with Gasteiger partial charge in [-0.15, -0.1) is 0 Å². The van der Waals surface area contributed by atoms with Crippen LogP contribution in [0, 0.1) is 0 Å². The van der Waals surface area contributed by atoms with Crippen LogP contribution < -0.4 is 5.32 Å². The molecular formula is C5H7F3NO. The van der Waals surface area contributed by atoms with Crippen LogP contribution in [-0.2, 0) is 4.79 Å². The molecule has 0 atom stereocenters. The van der Waals surface area contributed by atoms with Crippen molar-refractivity contribution >= 4 is 5.91 Å². The van der Waals surface area contributed by atoms with Crippen molar-refractivity contribution in [1.29, 1.82) is 0 Å². The molecule has 0 N–H and O–H groups in total. The van der Waals surface area contributed by atoms with Gasteiger partial charge in [0.05, 0.1) is 13.0 Å². The van der Waals surface area contributed by atoms with E-state index in [2.05, 4.69) is 5.32 Å². The summed E-state index contributed by atoms with van der Waals surface area (Å²) in [7, 11) is 0. The summed E-state index contributed by atoms with van der Waals surface area (Å²) in [6, 6.07) is 0. The van der Waals surface area contributed by atoms with Gasteiger partial charge in [-0.3, -0.25) is 10.1 Å². The van der Waals surface area contributed by atoms with Gasteiger partial charge < -0.3 is 0 Å². The fourth-order valence-electron chi connectivity index (χ4n) is 0.340. The molecule has 0 aliphatic carbocycles. The maximum atomic E-state index is 11.3. The molecule has 0 aromatic heterocycles. The molecule has 0 rings (SSSR count). The minimum absolute atomic E-state index is 0.459. The number of carbonyl (C=O) groups is 1. The van der Waals surface area contributed by atoms with Gasteiger partial charge in [-0.1, -0.05) is 0 Å². The summed E-state index contributed by atoms with van der Waals surface area (Å²) in [6.07, 6.45) is -5.23. The standard InChI is InChI=1S/C5H7F3NO/c1-4(10)9-3-2-5(6,7)8/h2-3H2,1H3. The Hall–Kier alpha value is -0.740. The van der Waals surface area contributed by atoms with Crippen LogP contribution >= 0.6 is 0 Å². The van der Waals surface area contributed by atoms with Gasteiger partial charge in [-0.2, -0.15) is 13.2 Å². The zero-order valence-corrected chi connectivity index (χ0v) is 5.40. The normalized spacial score (nSPS) is 11.2. The topological polar surface area (TPSA) is 31.2 Å². The summed E-state index contributed by atoms with van der Waals surface area (Å²) in [4.78, 5) is 10.00. The van der Waals surface area contributed by atoms with Gasteiger partial charge in [0, 0.05) is 6.92 Å². The molecule has 10 heavy (non-hydrogen) atoms. The van der Waals surface area contributed by atoms with Crippen LogP contribution in [0.5, 0.6) is 0 Å². The van der Waals surface area contributed by atoms with E-state index in [1.165, 1.54) is 0 Å².